The van der Waals surface area contributed by atoms with E-state index in [4.69, 9.17) is 10.8 Å². The number of nitrogen functional groups attached to an aromatic ring is 1. The molecule has 2 aromatic carbocycles. The van der Waals surface area contributed by atoms with Crippen LogP contribution < -0.4 is 10.5 Å². The second-order valence-corrected chi connectivity index (χ2v) is 8.21. The number of carbonyl (C=O) groups is 1. The Morgan fingerprint density at radius 1 is 1.04 bits per heavy atom. The van der Waals surface area contributed by atoms with Crippen molar-refractivity contribution in [1.29, 1.82) is 0 Å². The Hall–Kier alpha value is -2.38. The molecule has 0 aromatic heterocycles. The maximum Gasteiger partial charge on any atom is 0.335 e. The SMILES string of the molecule is CC(C)(C)NS(=O)(=O)c1ccc(-c2cc(N)cc(C(=O)O)c2)cc1. The van der Waals surface area contributed by atoms with Crippen molar-refractivity contribution < 1.29 is 18.3 Å². The van der Waals surface area contributed by atoms with Crippen LogP contribution in [0.25, 0.3) is 11.1 Å². The molecule has 0 spiro atoms. The first kappa shape index (κ1) is 18.0. The van der Waals surface area contributed by atoms with E-state index < -0.39 is 21.5 Å². The second-order valence-electron chi connectivity index (χ2n) is 6.53. The lowest BCUT2D eigenvalue weighted by Crippen LogP contribution is -2.40. The summed E-state index contributed by atoms with van der Waals surface area (Å²) < 4.78 is 27.1. The molecule has 0 atom stereocenters. The number of nitrogens with two attached hydrogens (primary N) is 1. The standard InChI is InChI=1S/C17H20N2O4S/c1-17(2,3)19-24(22,23)15-6-4-11(5-7-15)12-8-13(16(20)21)10-14(18)9-12/h4-10,19H,18H2,1-3H3,(H,20,21). The van der Waals surface area contributed by atoms with Gasteiger partial charge < -0.3 is 10.8 Å². The number of anilines is 1. The van der Waals surface area contributed by atoms with Crippen LogP contribution >= 0.6 is 0 Å². The van der Waals surface area contributed by atoms with Gasteiger partial charge in [0.25, 0.3) is 0 Å². The second kappa shape index (κ2) is 6.26. The van der Waals surface area contributed by atoms with Crippen LogP contribution in [0.3, 0.4) is 0 Å². The third kappa shape index (κ3) is 4.33. The lowest BCUT2D eigenvalue weighted by atomic mass is 10.0. The van der Waals surface area contributed by atoms with Crippen molar-refractivity contribution in [2.24, 2.45) is 0 Å². The molecule has 0 amide bonds. The van der Waals surface area contributed by atoms with Gasteiger partial charge in [0.05, 0.1) is 10.5 Å². The first-order valence-corrected chi connectivity index (χ1v) is 8.74. The van der Waals surface area contributed by atoms with Crippen molar-refractivity contribution in [2.75, 3.05) is 5.73 Å². The monoisotopic (exact) mass is 348 g/mol. The fraction of sp³-hybridized carbons (Fsp3) is 0.235. The molecule has 6 nitrogen and oxygen atoms in total. The van der Waals surface area contributed by atoms with Gasteiger partial charge in [-0.15, -0.1) is 0 Å². The van der Waals surface area contributed by atoms with Crippen LogP contribution in [0.15, 0.2) is 47.4 Å². The zero-order valence-electron chi connectivity index (χ0n) is 13.7. The van der Waals surface area contributed by atoms with Crippen molar-refractivity contribution in [2.45, 2.75) is 31.2 Å². The molecular weight excluding hydrogens is 328 g/mol. The molecule has 0 radical (unpaired) electrons. The molecule has 128 valence electrons. The number of aromatic carboxylic acids is 1. The minimum absolute atomic E-state index is 0.0797. The Morgan fingerprint density at radius 3 is 2.12 bits per heavy atom. The minimum Gasteiger partial charge on any atom is -0.478 e. The lowest BCUT2D eigenvalue weighted by molar-refractivity contribution is 0.0697. The van der Waals surface area contributed by atoms with E-state index in [1.54, 1.807) is 39.0 Å². The molecule has 0 bridgehead atoms. The van der Waals surface area contributed by atoms with Crippen LogP contribution in [0.4, 0.5) is 5.69 Å². The highest BCUT2D eigenvalue weighted by molar-refractivity contribution is 7.89. The van der Waals surface area contributed by atoms with E-state index in [0.717, 1.165) is 0 Å². The number of benzene rings is 2. The van der Waals surface area contributed by atoms with Crippen molar-refractivity contribution in [3.05, 3.63) is 48.0 Å². The molecule has 0 fully saturated rings. The van der Waals surface area contributed by atoms with Crippen LogP contribution in [-0.2, 0) is 10.0 Å². The van der Waals surface area contributed by atoms with Gasteiger partial charge in [-0.2, -0.15) is 0 Å². The van der Waals surface area contributed by atoms with Gasteiger partial charge in [-0.1, -0.05) is 12.1 Å². The Labute approximate surface area is 141 Å². The minimum atomic E-state index is -3.62. The van der Waals surface area contributed by atoms with E-state index in [2.05, 4.69) is 4.72 Å². The number of rotatable bonds is 4. The normalized spacial score (nSPS) is 12.1. The summed E-state index contributed by atoms with van der Waals surface area (Å²) in [5.74, 6) is -1.07. The van der Waals surface area contributed by atoms with Gasteiger partial charge in [0.2, 0.25) is 10.0 Å². The zero-order valence-corrected chi connectivity index (χ0v) is 14.5. The number of hydrogen-bond acceptors (Lipinski definition) is 4. The first-order chi connectivity index (χ1) is 11.0. The van der Waals surface area contributed by atoms with E-state index in [9.17, 15) is 13.2 Å². The molecule has 0 aliphatic carbocycles. The van der Waals surface area contributed by atoms with Gasteiger partial charge in [0.15, 0.2) is 0 Å². The van der Waals surface area contributed by atoms with Crippen LogP contribution in [0, 0.1) is 0 Å². The fourth-order valence-corrected chi connectivity index (χ4v) is 3.65. The van der Waals surface area contributed by atoms with Crippen molar-refractivity contribution >= 4 is 21.7 Å². The van der Waals surface area contributed by atoms with Crippen molar-refractivity contribution in [1.82, 2.24) is 4.72 Å². The molecule has 0 aliphatic rings. The van der Waals surface area contributed by atoms with Crippen LogP contribution in [0.5, 0.6) is 0 Å². The van der Waals surface area contributed by atoms with Gasteiger partial charge in [-0.05, 0) is 62.2 Å². The summed E-state index contributed by atoms with van der Waals surface area (Å²) in [5, 5.41) is 9.10. The van der Waals surface area contributed by atoms with Crippen LogP contribution in [0.2, 0.25) is 0 Å². The molecule has 0 unspecified atom stereocenters. The van der Waals surface area contributed by atoms with Crippen LogP contribution in [0.1, 0.15) is 31.1 Å². The number of sulfonamides is 1. The van der Waals surface area contributed by atoms with Gasteiger partial charge in [-0.25, -0.2) is 17.9 Å². The molecular formula is C17H20N2O4S. The Bertz CT molecular complexity index is 866. The number of nitrogens with one attached hydrogen (secondary N) is 1. The van der Waals surface area contributed by atoms with E-state index in [1.165, 1.54) is 24.3 Å². The van der Waals surface area contributed by atoms with Gasteiger partial charge in [-0.3, -0.25) is 0 Å². The fourth-order valence-electron chi connectivity index (χ4n) is 2.23. The van der Waals surface area contributed by atoms with E-state index in [0.29, 0.717) is 16.8 Å². The zero-order chi connectivity index (χ0) is 18.1. The summed E-state index contributed by atoms with van der Waals surface area (Å²) in [5.41, 5.74) is 6.85. The summed E-state index contributed by atoms with van der Waals surface area (Å²) in [7, 11) is -3.62. The van der Waals surface area contributed by atoms with Crippen molar-refractivity contribution in [3.63, 3.8) is 0 Å². The van der Waals surface area contributed by atoms with E-state index >= 15 is 0 Å². The highest BCUT2D eigenvalue weighted by Crippen LogP contribution is 2.25. The van der Waals surface area contributed by atoms with Crippen LogP contribution in [-0.4, -0.2) is 25.0 Å². The summed E-state index contributed by atoms with van der Waals surface area (Å²) in [4.78, 5) is 11.3. The summed E-state index contributed by atoms with van der Waals surface area (Å²) in [6.45, 7) is 5.29. The highest BCUT2D eigenvalue weighted by atomic mass is 32.2. The molecule has 0 heterocycles. The third-order valence-corrected chi connectivity index (χ3v) is 4.91. The van der Waals surface area contributed by atoms with Gasteiger partial charge in [0, 0.05) is 11.2 Å². The molecule has 2 rings (SSSR count). The molecule has 4 N–H and O–H groups in total. The smallest absolute Gasteiger partial charge is 0.335 e. The topological polar surface area (TPSA) is 109 Å². The van der Waals surface area contributed by atoms with E-state index in [-0.39, 0.29) is 10.5 Å². The molecule has 0 saturated heterocycles. The summed E-state index contributed by atoms with van der Waals surface area (Å²) in [6.07, 6.45) is 0. The van der Waals surface area contributed by atoms with Gasteiger partial charge >= 0.3 is 5.97 Å². The van der Waals surface area contributed by atoms with Gasteiger partial charge in [0.1, 0.15) is 0 Å². The third-order valence-electron chi connectivity index (χ3n) is 3.14. The van der Waals surface area contributed by atoms with E-state index in [1.807, 2.05) is 0 Å². The number of carboxylic acids is 1. The maximum atomic E-state index is 12.3. The summed E-state index contributed by atoms with van der Waals surface area (Å²) in [6, 6.07) is 10.7. The molecule has 7 heteroatoms. The van der Waals surface area contributed by atoms with Crippen molar-refractivity contribution in [3.8, 4) is 11.1 Å². The Kier molecular flexibility index (Phi) is 4.68. The number of carboxylic acid groups (broad SMARTS) is 1. The average molecular weight is 348 g/mol. The average Bonchev–Trinajstić information content (AvgIpc) is 2.44. The highest BCUT2D eigenvalue weighted by Gasteiger charge is 2.21. The Morgan fingerprint density at radius 2 is 1.62 bits per heavy atom. The molecule has 0 aliphatic heterocycles. The molecule has 2 aromatic rings. The summed E-state index contributed by atoms with van der Waals surface area (Å²) >= 11 is 0. The lowest BCUT2D eigenvalue weighted by Gasteiger charge is -2.20. The predicted octanol–water partition coefficient (Wildman–Crippen LogP) is 2.71. The quantitative estimate of drug-likeness (QED) is 0.736. The molecule has 0 saturated carbocycles. The number of hydrogen-bond donors (Lipinski definition) is 3. The molecule has 24 heavy (non-hydrogen) atoms. The first-order valence-electron chi connectivity index (χ1n) is 7.26. The maximum absolute atomic E-state index is 12.3. The Balaban J connectivity index is 2.39. The predicted molar refractivity (Wildman–Crippen MR) is 93.3 cm³/mol. The largest absolute Gasteiger partial charge is 0.478 e.